The molecule has 1 heterocycles. The van der Waals surface area contributed by atoms with Crippen LogP contribution >= 0.6 is 0 Å². The van der Waals surface area contributed by atoms with E-state index in [0.717, 1.165) is 13.1 Å². The third kappa shape index (κ3) is 5.24. The van der Waals surface area contributed by atoms with Crippen molar-refractivity contribution in [1.82, 2.24) is 15.5 Å². The molecule has 0 bridgehead atoms. The lowest BCUT2D eigenvalue weighted by Gasteiger charge is -2.21. The molecule has 0 aromatic carbocycles. The molecule has 78 valence electrons. The monoisotopic (exact) mass is 185 g/mol. The van der Waals surface area contributed by atoms with Gasteiger partial charge in [-0.2, -0.15) is 0 Å². The normalized spacial score (nSPS) is 26.5. The Morgan fingerprint density at radius 3 is 2.77 bits per heavy atom. The van der Waals surface area contributed by atoms with Crippen molar-refractivity contribution in [2.45, 2.75) is 25.3 Å². The highest BCUT2D eigenvalue weighted by Gasteiger charge is 2.09. The Hall–Kier alpha value is -0.120. The summed E-state index contributed by atoms with van der Waals surface area (Å²) in [6, 6.07) is 0.690. The van der Waals surface area contributed by atoms with Gasteiger partial charge in [-0.15, -0.1) is 0 Å². The second-order valence-corrected chi connectivity index (χ2v) is 4.16. The van der Waals surface area contributed by atoms with Gasteiger partial charge in [-0.1, -0.05) is 6.42 Å². The van der Waals surface area contributed by atoms with Gasteiger partial charge in [0.25, 0.3) is 0 Å². The van der Waals surface area contributed by atoms with E-state index in [1.54, 1.807) is 0 Å². The van der Waals surface area contributed by atoms with Gasteiger partial charge in [0.15, 0.2) is 0 Å². The molecule has 3 heteroatoms. The molecular weight excluding hydrogens is 162 g/mol. The maximum Gasteiger partial charge on any atom is 0.0195 e. The van der Waals surface area contributed by atoms with Crippen LogP contribution in [0.4, 0.5) is 0 Å². The summed E-state index contributed by atoms with van der Waals surface area (Å²) in [7, 11) is 4.29. The summed E-state index contributed by atoms with van der Waals surface area (Å²) in [4.78, 5) is 2.27. The van der Waals surface area contributed by atoms with E-state index in [9.17, 15) is 0 Å². The molecule has 1 unspecified atom stereocenters. The van der Waals surface area contributed by atoms with Crippen molar-refractivity contribution in [1.29, 1.82) is 0 Å². The second kappa shape index (κ2) is 6.35. The molecule has 3 nitrogen and oxygen atoms in total. The van der Waals surface area contributed by atoms with Crippen LogP contribution in [0.1, 0.15) is 19.3 Å². The SMILES string of the molecule is CN(C)CC1CCCCNCCN1. The zero-order chi connectivity index (χ0) is 9.52. The quantitative estimate of drug-likeness (QED) is 0.647. The summed E-state index contributed by atoms with van der Waals surface area (Å²) in [6.07, 6.45) is 3.99. The molecule has 13 heavy (non-hydrogen) atoms. The van der Waals surface area contributed by atoms with Gasteiger partial charge in [-0.25, -0.2) is 0 Å². The molecule has 0 spiro atoms. The van der Waals surface area contributed by atoms with E-state index in [1.165, 1.54) is 32.4 Å². The van der Waals surface area contributed by atoms with Crippen molar-refractivity contribution in [2.24, 2.45) is 0 Å². The van der Waals surface area contributed by atoms with Crippen molar-refractivity contribution in [3.8, 4) is 0 Å². The number of rotatable bonds is 2. The van der Waals surface area contributed by atoms with Crippen LogP contribution in [0.25, 0.3) is 0 Å². The lowest BCUT2D eigenvalue weighted by atomic mass is 10.1. The average molecular weight is 185 g/mol. The van der Waals surface area contributed by atoms with Crippen LogP contribution in [-0.4, -0.2) is 51.2 Å². The Morgan fingerprint density at radius 1 is 1.15 bits per heavy atom. The Labute approximate surface area is 81.9 Å². The molecule has 0 aliphatic carbocycles. The molecule has 0 aromatic rings. The Balaban J connectivity index is 2.24. The molecule has 0 amide bonds. The van der Waals surface area contributed by atoms with Crippen molar-refractivity contribution in [3.05, 3.63) is 0 Å². The summed E-state index contributed by atoms with van der Waals surface area (Å²) in [5, 5.41) is 7.01. The van der Waals surface area contributed by atoms with E-state index in [4.69, 9.17) is 0 Å². The molecule has 1 fully saturated rings. The van der Waals surface area contributed by atoms with E-state index in [-0.39, 0.29) is 0 Å². The first-order valence-corrected chi connectivity index (χ1v) is 5.38. The van der Waals surface area contributed by atoms with Crippen LogP contribution in [0.5, 0.6) is 0 Å². The first kappa shape index (κ1) is 11.0. The minimum atomic E-state index is 0.690. The zero-order valence-electron chi connectivity index (χ0n) is 8.97. The lowest BCUT2D eigenvalue weighted by Crippen LogP contribution is -2.40. The van der Waals surface area contributed by atoms with E-state index in [1.807, 2.05) is 0 Å². The fourth-order valence-electron chi connectivity index (χ4n) is 1.83. The molecule has 0 saturated carbocycles. The summed E-state index contributed by atoms with van der Waals surface area (Å²) in [6.45, 7) is 4.58. The summed E-state index contributed by atoms with van der Waals surface area (Å²) >= 11 is 0. The molecule has 2 N–H and O–H groups in total. The molecule has 1 rings (SSSR count). The van der Waals surface area contributed by atoms with Crippen LogP contribution in [0.15, 0.2) is 0 Å². The predicted octanol–water partition coefficient (Wildman–Crippen LogP) is 0.280. The fourth-order valence-corrected chi connectivity index (χ4v) is 1.83. The minimum Gasteiger partial charge on any atom is -0.315 e. The maximum absolute atomic E-state index is 3.59. The first-order chi connectivity index (χ1) is 6.29. The van der Waals surface area contributed by atoms with Crippen LogP contribution in [0.3, 0.4) is 0 Å². The second-order valence-electron chi connectivity index (χ2n) is 4.16. The molecule has 1 aliphatic heterocycles. The number of nitrogens with one attached hydrogen (secondary N) is 2. The molecule has 1 atom stereocenters. The number of likely N-dealkylation sites (N-methyl/N-ethyl adjacent to an activating group) is 1. The zero-order valence-corrected chi connectivity index (χ0v) is 8.97. The third-order valence-electron chi connectivity index (χ3n) is 2.48. The van der Waals surface area contributed by atoms with Gasteiger partial charge in [-0.05, 0) is 33.5 Å². The van der Waals surface area contributed by atoms with Crippen molar-refractivity contribution < 1.29 is 0 Å². The van der Waals surface area contributed by atoms with E-state index in [2.05, 4.69) is 29.6 Å². The van der Waals surface area contributed by atoms with Gasteiger partial charge in [0.1, 0.15) is 0 Å². The van der Waals surface area contributed by atoms with E-state index in [0.29, 0.717) is 6.04 Å². The van der Waals surface area contributed by atoms with Gasteiger partial charge < -0.3 is 15.5 Å². The van der Waals surface area contributed by atoms with Crippen molar-refractivity contribution in [3.63, 3.8) is 0 Å². The highest BCUT2D eigenvalue weighted by atomic mass is 15.1. The third-order valence-corrected chi connectivity index (χ3v) is 2.48. The maximum atomic E-state index is 3.59. The topological polar surface area (TPSA) is 27.3 Å². The van der Waals surface area contributed by atoms with Gasteiger partial charge in [0.2, 0.25) is 0 Å². The van der Waals surface area contributed by atoms with Gasteiger partial charge in [-0.3, -0.25) is 0 Å². The van der Waals surface area contributed by atoms with E-state index >= 15 is 0 Å². The predicted molar refractivity (Wildman–Crippen MR) is 57.1 cm³/mol. The number of nitrogens with zero attached hydrogens (tertiary/aromatic N) is 1. The molecular formula is C10H23N3. The molecule has 0 radical (unpaired) electrons. The van der Waals surface area contributed by atoms with Crippen LogP contribution in [-0.2, 0) is 0 Å². The Morgan fingerprint density at radius 2 is 2.00 bits per heavy atom. The molecule has 0 aromatic heterocycles. The Bertz CT molecular complexity index is 115. The van der Waals surface area contributed by atoms with Gasteiger partial charge in [0.05, 0.1) is 0 Å². The number of hydrogen-bond acceptors (Lipinski definition) is 3. The summed E-state index contributed by atoms with van der Waals surface area (Å²) in [5.74, 6) is 0. The smallest absolute Gasteiger partial charge is 0.0195 e. The summed E-state index contributed by atoms with van der Waals surface area (Å²) in [5.41, 5.74) is 0. The highest BCUT2D eigenvalue weighted by Crippen LogP contribution is 2.02. The first-order valence-electron chi connectivity index (χ1n) is 5.38. The average Bonchev–Trinajstić information content (AvgIpc) is 2.17. The van der Waals surface area contributed by atoms with E-state index < -0.39 is 0 Å². The molecule has 1 aliphatic rings. The Kier molecular flexibility index (Phi) is 5.35. The van der Waals surface area contributed by atoms with Crippen LogP contribution in [0.2, 0.25) is 0 Å². The lowest BCUT2D eigenvalue weighted by molar-refractivity contribution is 0.326. The largest absolute Gasteiger partial charge is 0.315 e. The number of hydrogen-bond donors (Lipinski definition) is 2. The minimum absolute atomic E-state index is 0.690. The van der Waals surface area contributed by atoms with Crippen molar-refractivity contribution in [2.75, 3.05) is 40.3 Å². The van der Waals surface area contributed by atoms with Gasteiger partial charge in [0, 0.05) is 25.7 Å². The highest BCUT2D eigenvalue weighted by molar-refractivity contribution is 4.71. The summed E-state index contributed by atoms with van der Waals surface area (Å²) < 4.78 is 0. The van der Waals surface area contributed by atoms with Crippen molar-refractivity contribution >= 4 is 0 Å². The van der Waals surface area contributed by atoms with Crippen LogP contribution in [0, 0.1) is 0 Å². The standard InChI is InChI=1S/C10H23N3/c1-13(2)9-10-5-3-4-6-11-7-8-12-10/h10-12H,3-9H2,1-2H3. The van der Waals surface area contributed by atoms with Gasteiger partial charge >= 0.3 is 0 Å². The molecule has 1 saturated heterocycles. The van der Waals surface area contributed by atoms with Crippen LogP contribution < -0.4 is 10.6 Å². The fraction of sp³-hybridized carbons (Fsp3) is 1.00.